The average molecular weight is 184 g/mol. The van der Waals surface area contributed by atoms with Gasteiger partial charge in [-0.25, -0.2) is 0 Å². The molecule has 13 heavy (non-hydrogen) atoms. The van der Waals surface area contributed by atoms with Crippen LogP contribution < -0.4 is 0 Å². The number of Topliss-reactive ketones (excluding diaryl/α,β-unsaturated/α-hetero) is 1. The van der Waals surface area contributed by atoms with Gasteiger partial charge in [0.05, 0.1) is 12.2 Å². The molecule has 1 saturated heterocycles. The number of ether oxygens (including phenoxy) is 1. The minimum Gasteiger partial charge on any atom is -0.369 e. The molecule has 0 aromatic carbocycles. The molecular formula is C11H20O2. The lowest BCUT2D eigenvalue weighted by Crippen LogP contribution is -2.16. The zero-order valence-electron chi connectivity index (χ0n) is 9.09. The van der Waals surface area contributed by atoms with Crippen LogP contribution in [0, 0.1) is 5.41 Å². The molecule has 0 bridgehead atoms. The Morgan fingerprint density at radius 2 is 2.00 bits per heavy atom. The van der Waals surface area contributed by atoms with Gasteiger partial charge < -0.3 is 9.53 Å². The molecule has 1 aliphatic rings. The lowest BCUT2D eigenvalue weighted by atomic mass is 9.89. The molecule has 0 unspecified atom stereocenters. The van der Waals surface area contributed by atoms with Gasteiger partial charge in [-0.3, -0.25) is 0 Å². The molecule has 0 spiro atoms. The van der Waals surface area contributed by atoms with Gasteiger partial charge in [0.25, 0.3) is 0 Å². The maximum Gasteiger partial charge on any atom is 0.129 e. The maximum atomic E-state index is 10.7. The third-order valence-electron chi connectivity index (χ3n) is 2.45. The van der Waals surface area contributed by atoms with Crippen molar-refractivity contribution in [1.82, 2.24) is 0 Å². The molecule has 0 aliphatic carbocycles. The highest BCUT2D eigenvalue weighted by Crippen LogP contribution is 2.40. The van der Waals surface area contributed by atoms with Gasteiger partial charge in [-0.1, -0.05) is 20.8 Å². The van der Waals surface area contributed by atoms with Crippen LogP contribution in [0.4, 0.5) is 0 Å². The predicted molar refractivity (Wildman–Crippen MR) is 52.6 cm³/mol. The lowest BCUT2D eigenvalue weighted by molar-refractivity contribution is -0.117. The summed E-state index contributed by atoms with van der Waals surface area (Å²) >= 11 is 0. The Kier molecular flexibility index (Phi) is 3.12. The number of hydrogen-bond acceptors (Lipinski definition) is 2. The second-order valence-corrected chi connectivity index (χ2v) is 5.06. The van der Waals surface area contributed by atoms with Crippen molar-refractivity contribution < 1.29 is 9.53 Å². The van der Waals surface area contributed by atoms with Gasteiger partial charge in [0.1, 0.15) is 5.78 Å². The molecule has 0 aromatic rings. The molecule has 0 saturated carbocycles. The molecule has 2 nitrogen and oxygen atoms in total. The maximum absolute atomic E-state index is 10.7. The van der Waals surface area contributed by atoms with E-state index < -0.39 is 0 Å². The zero-order valence-corrected chi connectivity index (χ0v) is 9.09. The van der Waals surface area contributed by atoms with E-state index in [0.29, 0.717) is 18.6 Å². The average Bonchev–Trinajstić information content (AvgIpc) is 2.64. The minimum atomic E-state index is 0.265. The Hall–Kier alpha value is -0.370. The van der Waals surface area contributed by atoms with Crippen LogP contribution in [-0.2, 0) is 9.53 Å². The quantitative estimate of drug-likeness (QED) is 0.628. The lowest BCUT2D eigenvalue weighted by Gasteiger charge is -2.14. The number of rotatable bonds is 4. The fourth-order valence-corrected chi connectivity index (χ4v) is 1.68. The van der Waals surface area contributed by atoms with E-state index >= 15 is 0 Å². The number of ketones is 1. The summed E-state index contributed by atoms with van der Waals surface area (Å²) in [4.78, 5) is 10.7. The largest absolute Gasteiger partial charge is 0.369 e. The number of carbonyl (C=O) groups excluding carboxylic acids is 1. The first-order valence-electron chi connectivity index (χ1n) is 5.06. The van der Waals surface area contributed by atoms with Gasteiger partial charge >= 0.3 is 0 Å². The summed E-state index contributed by atoms with van der Waals surface area (Å²) in [6, 6.07) is 0. The monoisotopic (exact) mass is 184 g/mol. The van der Waals surface area contributed by atoms with E-state index in [2.05, 4.69) is 20.8 Å². The third-order valence-corrected chi connectivity index (χ3v) is 2.45. The second kappa shape index (κ2) is 3.79. The van der Waals surface area contributed by atoms with Crippen molar-refractivity contribution in [3.8, 4) is 0 Å². The summed E-state index contributed by atoms with van der Waals surface area (Å²) in [7, 11) is 0. The van der Waals surface area contributed by atoms with Crippen molar-refractivity contribution in [2.45, 2.75) is 59.2 Å². The van der Waals surface area contributed by atoms with Crippen LogP contribution in [0.3, 0.4) is 0 Å². The van der Waals surface area contributed by atoms with E-state index in [1.165, 1.54) is 0 Å². The van der Waals surface area contributed by atoms with Gasteiger partial charge in [-0.2, -0.15) is 0 Å². The molecule has 0 radical (unpaired) electrons. The molecule has 1 fully saturated rings. The number of epoxide rings is 1. The molecular weight excluding hydrogens is 164 g/mol. The van der Waals surface area contributed by atoms with Crippen molar-refractivity contribution in [2.24, 2.45) is 5.41 Å². The molecule has 1 aliphatic heterocycles. The first kappa shape index (κ1) is 10.7. The van der Waals surface area contributed by atoms with Crippen LogP contribution in [0.1, 0.15) is 47.0 Å². The van der Waals surface area contributed by atoms with Crippen molar-refractivity contribution in [2.75, 3.05) is 0 Å². The molecule has 76 valence electrons. The van der Waals surface area contributed by atoms with Gasteiger partial charge in [0.2, 0.25) is 0 Å². The highest BCUT2D eigenvalue weighted by molar-refractivity contribution is 5.75. The summed E-state index contributed by atoms with van der Waals surface area (Å²) in [6.07, 6.45) is 3.56. The van der Waals surface area contributed by atoms with Crippen LogP contribution in [-0.4, -0.2) is 18.0 Å². The van der Waals surface area contributed by atoms with Crippen LogP contribution >= 0.6 is 0 Å². The van der Waals surface area contributed by atoms with Crippen molar-refractivity contribution in [3.63, 3.8) is 0 Å². The molecule has 0 N–H and O–H groups in total. The van der Waals surface area contributed by atoms with Gasteiger partial charge in [0.15, 0.2) is 0 Å². The van der Waals surface area contributed by atoms with E-state index in [9.17, 15) is 4.79 Å². The van der Waals surface area contributed by atoms with E-state index in [1.54, 1.807) is 6.92 Å². The summed E-state index contributed by atoms with van der Waals surface area (Å²) in [5, 5.41) is 0. The van der Waals surface area contributed by atoms with Crippen LogP contribution in [0.15, 0.2) is 0 Å². The fraction of sp³-hybridized carbons (Fsp3) is 0.909. The van der Waals surface area contributed by atoms with Crippen molar-refractivity contribution >= 4 is 5.78 Å². The zero-order chi connectivity index (χ0) is 10.1. The van der Waals surface area contributed by atoms with Crippen LogP contribution in [0.5, 0.6) is 0 Å². The van der Waals surface area contributed by atoms with Crippen LogP contribution in [0.2, 0.25) is 0 Å². The Bertz CT molecular complexity index is 191. The standard InChI is InChI=1S/C11H20O2/c1-8(12)6-5-7-9-10(13-9)11(2,3)4/h9-10H,5-7H2,1-4H3/t9-,10+/m0/s1. The third kappa shape index (κ3) is 3.47. The van der Waals surface area contributed by atoms with Crippen molar-refractivity contribution in [3.05, 3.63) is 0 Å². The van der Waals surface area contributed by atoms with E-state index in [0.717, 1.165) is 12.8 Å². The molecule has 1 heterocycles. The first-order chi connectivity index (χ1) is 5.91. The van der Waals surface area contributed by atoms with Gasteiger partial charge in [-0.05, 0) is 25.2 Å². The molecule has 2 atom stereocenters. The number of carbonyl (C=O) groups is 1. The Balaban J connectivity index is 2.11. The van der Waals surface area contributed by atoms with E-state index in [1.807, 2.05) is 0 Å². The van der Waals surface area contributed by atoms with E-state index in [-0.39, 0.29) is 11.2 Å². The molecule has 0 aromatic heterocycles. The van der Waals surface area contributed by atoms with Gasteiger partial charge in [0, 0.05) is 6.42 Å². The fourth-order valence-electron chi connectivity index (χ4n) is 1.68. The molecule has 0 amide bonds. The first-order valence-corrected chi connectivity index (χ1v) is 5.06. The normalized spacial score (nSPS) is 27.4. The molecule has 1 rings (SSSR count). The van der Waals surface area contributed by atoms with Gasteiger partial charge in [-0.15, -0.1) is 0 Å². The summed E-state index contributed by atoms with van der Waals surface area (Å²) < 4.78 is 5.55. The smallest absolute Gasteiger partial charge is 0.129 e. The van der Waals surface area contributed by atoms with E-state index in [4.69, 9.17) is 4.74 Å². The predicted octanol–water partition coefficient (Wildman–Crippen LogP) is 2.56. The summed E-state index contributed by atoms with van der Waals surface area (Å²) in [5.74, 6) is 0.285. The molecule has 2 heteroatoms. The summed E-state index contributed by atoms with van der Waals surface area (Å²) in [6.45, 7) is 8.24. The highest BCUT2D eigenvalue weighted by Gasteiger charge is 2.46. The number of hydrogen-bond donors (Lipinski definition) is 0. The topological polar surface area (TPSA) is 29.6 Å². The summed E-state index contributed by atoms with van der Waals surface area (Å²) in [5.41, 5.74) is 0.265. The Labute approximate surface area is 80.7 Å². The highest BCUT2D eigenvalue weighted by atomic mass is 16.6. The van der Waals surface area contributed by atoms with Crippen molar-refractivity contribution in [1.29, 1.82) is 0 Å². The SMILES string of the molecule is CC(=O)CCC[C@@H]1O[C@H]1C(C)(C)C. The van der Waals surface area contributed by atoms with Crippen LogP contribution in [0.25, 0.3) is 0 Å². The second-order valence-electron chi connectivity index (χ2n) is 5.06. The Morgan fingerprint density at radius 3 is 2.38 bits per heavy atom. The Morgan fingerprint density at radius 1 is 1.38 bits per heavy atom. The minimum absolute atomic E-state index is 0.265.